The molecule has 2 aromatic rings. The van der Waals surface area contributed by atoms with Crippen LogP contribution in [0.2, 0.25) is 0 Å². The molecule has 4 rings (SSSR count). The van der Waals surface area contributed by atoms with Gasteiger partial charge in [0.25, 0.3) is 0 Å². The summed E-state index contributed by atoms with van der Waals surface area (Å²) in [5.41, 5.74) is 7.64. The van der Waals surface area contributed by atoms with Crippen LogP contribution in [0.1, 0.15) is 50.1 Å². The first-order valence-corrected chi connectivity index (χ1v) is 8.49. The van der Waals surface area contributed by atoms with Gasteiger partial charge in [0.1, 0.15) is 17.7 Å². The number of nitrogens with two attached hydrogens (primary N) is 1. The number of ether oxygens (including phenoxy) is 2. The number of nitrogens with zero attached hydrogens (tertiary/aromatic N) is 2. The zero-order chi connectivity index (χ0) is 17.6. The molecule has 1 aliphatic heterocycles. The fraction of sp³-hybridized carbons (Fsp3) is 0.421. The summed E-state index contributed by atoms with van der Waals surface area (Å²) in [4.78, 5) is 20.2. The minimum absolute atomic E-state index is 0.349. The van der Waals surface area contributed by atoms with Gasteiger partial charge in [-0.05, 0) is 24.5 Å². The summed E-state index contributed by atoms with van der Waals surface area (Å²) in [6.07, 6.45) is 4.86. The Hall–Kier alpha value is -2.63. The molecule has 1 atom stereocenters. The van der Waals surface area contributed by atoms with E-state index < -0.39 is 12.2 Å². The second-order valence-electron chi connectivity index (χ2n) is 7.45. The molecule has 2 N–H and O–H groups in total. The van der Waals surface area contributed by atoms with E-state index in [0.717, 1.165) is 22.5 Å². The van der Waals surface area contributed by atoms with Crippen LogP contribution in [0.25, 0.3) is 11.1 Å². The summed E-state index contributed by atoms with van der Waals surface area (Å²) in [6.45, 7) is 4.42. The van der Waals surface area contributed by atoms with Crippen LogP contribution in [0.5, 0.6) is 5.75 Å². The molecular weight excluding hydrogens is 318 g/mol. The number of aromatic nitrogens is 2. The molecule has 1 aromatic heterocycles. The van der Waals surface area contributed by atoms with Crippen molar-refractivity contribution in [3.63, 3.8) is 0 Å². The summed E-state index contributed by atoms with van der Waals surface area (Å²) < 4.78 is 11.3. The predicted molar refractivity (Wildman–Crippen MR) is 92.1 cm³/mol. The van der Waals surface area contributed by atoms with E-state index in [9.17, 15) is 4.79 Å². The third-order valence-electron chi connectivity index (χ3n) is 4.79. The molecule has 6 heteroatoms. The zero-order valence-corrected chi connectivity index (χ0v) is 14.4. The Kier molecular flexibility index (Phi) is 3.63. The maximum absolute atomic E-state index is 11.3. The van der Waals surface area contributed by atoms with Crippen LogP contribution >= 0.6 is 0 Å². The highest BCUT2D eigenvalue weighted by Gasteiger charge is 2.40. The number of carbonyl (C=O) groups is 1. The van der Waals surface area contributed by atoms with Crippen LogP contribution in [0.3, 0.4) is 0 Å². The van der Waals surface area contributed by atoms with E-state index in [-0.39, 0.29) is 5.41 Å². The van der Waals surface area contributed by atoms with E-state index >= 15 is 0 Å². The SMILES string of the molecule is CC1(C)COc2cc(-c3cnc(C4CC4)nc3)ccc2C1OC(N)=O. The third kappa shape index (κ3) is 3.04. The Balaban J connectivity index is 1.66. The molecule has 6 nitrogen and oxygen atoms in total. The van der Waals surface area contributed by atoms with Gasteiger partial charge >= 0.3 is 6.09 Å². The molecule has 1 aliphatic carbocycles. The summed E-state index contributed by atoms with van der Waals surface area (Å²) in [5.74, 6) is 2.17. The second kappa shape index (κ2) is 5.72. The standard InChI is InChI=1S/C19H21N3O3/c1-19(2)10-24-15-7-12(5-6-14(15)16(19)25-18(20)23)13-8-21-17(22-9-13)11-3-4-11/h5-9,11,16H,3-4,10H2,1-2H3,(H2,20,23). The molecule has 130 valence electrons. The van der Waals surface area contributed by atoms with Gasteiger partial charge in [-0.3, -0.25) is 0 Å². The largest absolute Gasteiger partial charge is 0.492 e. The number of benzene rings is 1. The first kappa shape index (κ1) is 15.9. The smallest absolute Gasteiger partial charge is 0.405 e. The lowest BCUT2D eigenvalue weighted by Crippen LogP contribution is -2.37. The highest BCUT2D eigenvalue weighted by atomic mass is 16.6. The summed E-state index contributed by atoms with van der Waals surface area (Å²) >= 11 is 0. The number of hydrogen-bond donors (Lipinski definition) is 1. The number of hydrogen-bond acceptors (Lipinski definition) is 5. The molecular formula is C19H21N3O3. The van der Waals surface area contributed by atoms with Crippen LogP contribution in [0.15, 0.2) is 30.6 Å². The van der Waals surface area contributed by atoms with E-state index in [1.54, 1.807) is 0 Å². The average Bonchev–Trinajstić information content (AvgIpc) is 3.42. The van der Waals surface area contributed by atoms with Gasteiger partial charge in [0.05, 0.1) is 6.61 Å². The van der Waals surface area contributed by atoms with Gasteiger partial charge in [-0.15, -0.1) is 0 Å². The van der Waals surface area contributed by atoms with Crippen molar-refractivity contribution in [2.24, 2.45) is 11.1 Å². The normalized spacial score (nSPS) is 21.1. The molecule has 1 fully saturated rings. The molecule has 1 aromatic carbocycles. The maximum Gasteiger partial charge on any atom is 0.405 e. The first-order chi connectivity index (χ1) is 11.9. The van der Waals surface area contributed by atoms with Crippen LogP contribution in [0, 0.1) is 5.41 Å². The quantitative estimate of drug-likeness (QED) is 0.923. The van der Waals surface area contributed by atoms with Crippen molar-refractivity contribution in [1.82, 2.24) is 9.97 Å². The van der Waals surface area contributed by atoms with Gasteiger partial charge in [-0.1, -0.05) is 26.0 Å². The van der Waals surface area contributed by atoms with Gasteiger partial charge in [0, 0.05) is 34.9 Å². The van der Waals surface area contributed by atoms with Crippen LogP contribution in [-0.2, 0) is 4.74 Å². The van der Waals surface area contributed by atoms with E-state index in [0.29, 0.717) is 18.3 Å². The molecule has 25 heavy (non-hydrogen) atoms. The molecule has 2 heterocycles. The number of primary amides is 1. The molecule has 0 saturated heterocycles. The second-order valence-corrected chi connectivity index (χ2v) is 7.45. The van der Waals surface area contributed by atoms with Crippen LogP contribution in [-0.4, -0.2) is 22.7 Å². The van der Waals surface area contributed by atoms with Crippen molar-refractivity contribution < 1.29 is 14.3 Å². The van der Waals surface area contributed by atoms with Crippen LogP contribution in [0.4, 0.5) is 4.79 Å². The molecule has 1 saturated carbocycles. The Labute approximate surface area is 146 Å². The first-order valence-electron chi connectivity index (χ1n) is 8.49. The van der Waals surface area contributed by atoms with Crippen molar-refractivity contribution in [2.45, 2.75) is 38.7 Å². The lowest BCUT2D eigenvalue weighted by molar-refractivity contribution is -0.0176. The van der Waals surface area contributed by atoms with Gasteiger partial charge in [0.15, 0.2) is 0 Å². The van der Waals surface area contributed by atoms with Crippen molar-refractivity contribution >= 4 is 6.09 Å². The molecule has 1 amide bonds. The Morgan fingerprint density at radius 3 is 2.60 bits per heavy atom. The average molecular weight is 339 g/mol. The van der Waals surface area contributed by atoms with Gasteiger partial charge in [-0.2, -0.15) is 0 Å². The molecule has 0 radical (unpaired) electrons. The lowest BCUT2D eigenvalue weighted by atomic mass is 9.80. The monoisotopic (exact) mass is 339 g/mol. The Bertz CT molecular complexity index is 813. The lowest BCUT2D eigenvalue weighted by Gasteiger charge is -2.38. The highest BCUT2D eigenvalue weighted by Crippen LogP contribution is 2.46. The molecule has 1 unspecified atom stereocenters. The van der Waals surface area contributed by atoms with Gasteiger partial charge < -0.3 is 15.2 Å². The van der Waals surface area contributed by atoms with Crippen molar-refractivity contribution in [1.29, 1.82) is 0 Å². The summed E-state index contributed by atoms with van der Waals surface area (Å²) in [5, 5.41) is 0. The van der Waals surface area contributed by atoms with Gasteiger partial charge in [0.2, 0.25) is 0 Å². The van der Waals surface area contributed by atoms with E-state index in [1.165, 1.54) is 12.8 Å². The Morgan fingerprint density at radius 2 is 1.96 bits per heavy atom. The maximum atomic E-state index is 11.3. The minimum Gasteiger partial charge on any atom is -0.492 e. The van der Waals surface area contributed by atoms with E-state index in [4.69, 9.17) is 15.2 Å². The fourth-order valence-corrected chi connectivity index (χ4v) is 3.19. The van der Waals surface area contributed by atoms with E-state index in [1.807, 2.05) is 44.4 Å². The van der Waals surface area contributed by atoms with Gasteiger partial charge in [-0.25, -0.2) is 14.8 Å². The predicted octanol–water partition coefficient (Wildman–Crippen LogP) is 3.58. The molecule has 2 aliphatic rings. The number of amides is 1. The summed E-state index contributed by atoms with van der Waals surface area (Å²) in [7, 11) is 0. The minimum atomic E-state index is -0.779. The van der Waals surface area contributed by atoms with Crippen LogP contribution < -0.4 is 10.5 Å². The number of rotatable bonds is 3. The number of carbonyl (C=O) groups excluding carboxylic acids is 1. The van der Waals surface area contributed by atoms with Crippen molar-refractivity contribution in [3.05, 3.63) is 42.0 Å². The number of fused-ring (bicyclic) bond motifs is 1. The van der Waals surface area contributed by atoms with Crippen molar-refractivity contribution in [3.8, 4) is 16.9 Å². The zero-order valence-electron chi connectivity index (χ0n) is 14.4. The van der Waals surface area contributed by atoms with Crippen molar-refractivity contribution in [2.75, 3.05) is 6.61 Å². The Morgan fingerprint density at radius 1 is 1.24 bits per heavy atom. The summed E-state index contributed by atoms with van der Waals surface area (Å²) in [6, 6.07) is 5.84. The fourth-order valence-electron chi connectivity index (χ4n) is 3.19. The molecule has 0 spiro atoms. The van der Waals surface area contributed by atoms with E-state index in [2.05, 4.69) is 9.97 Å². The topological polar surface area (TPSA) is 87.3 Å². The third-order valence-corrected chi connectivity index (χ3v) is 4.79. The highest BCUT2D eigenvalue weighted by molar-refractivity contribution is 5.67. The molecule has 0 bridgehead atoms.